The number of aryl methyl sites for hydroxylation is 1. The van der Waals surface area contributed by atoms with Crippen molar-refractivity contribution in [2.24, 2.45) is 0 Å². The average Bonchev–Trinajstić information content (AvgIpc) is 3.25. The highest BCUT2D eigenvalue weighted by Gasteiger charge is 2.39. The zero-order valence-corrected chi connectivity index (χ0v) is 13.1. The summed E-state index contributed by atoms with van der Waals surface area (Å²) >= 11 is 0. The molecule has 2 rings (SSSR count). The van der Waals surface area contributed by atoms with E-state index in [0.717, 1.165) is 24.2 Å². The molecule has 0 bridgehead atoms. The molecule has 116 valence electrons. The highest BCUT2D eigenvalue weighted by molar-refractivity contribution is 5.80. The topological polar surface area (TPSA) is 47.6 Å². The number of carbonyl (C=O) groups is 1. The standard InChI is InChI=1S/C17H25NO3/c1-4-20-16(19)17(3,18-14-9-10-14)11-12-21-15-8-6-5-7-13(15)2/h5-8,14,18H,4,9-12H2,1-3H3. The first-order valence-electron chi connectivity index (χ1n) is 7.68. The second kappa shape index (κ2) is 6.94. The number of ether oxygens (including phenoxy) is 2. The van der Waals surface area contributed by atoms with Gasteiger partial charge >= 0.3 is 5.97 Å². The fourth-order valence-corrected chi connectivity index (χ4v) is 2.29. The summed E-state index contributed by atoms with van der Waals surface area (Å²) in [5.41, 5.74) is 0.436. The normalized spacial score (nSPS) is 17.1. The van der Waals surface area contributed by atoms with Crippen LogP contribution in [0.3, 0.4) is 0 Å². The molecule has 0 radical (unpaired) electrons. The van der Waals surface area contributed by atoms with Gasteiger partial charge in [0.15, 0.2) is 0 Å². The Morgan fingerprint density at radius 1 is 1.38 bits per heavy atom. The van der Waals surface area contributed by atoms with Crippen molar-refractivity contribution in [1.29, 1.82) is 0 Å². The third-order valence-corrected chi connectivity index (χ3v) is 3.78. The van der Waals surface area contributed by atoms with Gasteiger partial charge in [-0.2, -0.15) is 0 Å². The van der Waals surface area contributed by atoms with Crippen molar-refractivity contribution in [2.75, 3.05) is 13.2 Å². The van der Waals surface area contributed by atoms with Crippen LogP contribution in [0.15, 0.2) is 24.3 Å². The van der Waals surface area contributed by atoms with Crippen molar-refractivity contribution >= 4 is 5.97 Å². The number of benzene rings is 1. The van der Waals surface area contributed by atoms with Gasteiger partial charge in [0.1, 0.15) is 11.3 Å². The molecule has 1 N–H and O–H groups in total. The minimum absolute atomic E-state index is 0.190. The largest absolute Gasteiger partial charge is 0.493 e. The van der Waals surface area contributed by atoms with Crippen LogP contribution < -0.4 is 10.1 Å². The van der Waals surface area contributed by atoms with Crippen molar-refractivity contribution in [1.82, 2.24) is 5.32 Å². The third-order valence-electron chi connectivity index (χ3n) is 3.78. The van der Waals surface area contributed by atoms with E-state index in [9.17, 15) is 4.79 Å². The minimum atomic E-state index is -0.667. The van der Waals surface area contributed by atoms with Gasteiger partial charge in [-0.15, -0.1) is 0 Å². The Bertz CT molecular complexity index is 485. The van der Waals surface area contributed by atoms with Gasteiger partial charge in [-0.05, 0) is 45.2 Å². The van der Waals surface area contributed by atoms with Gasteiger partial charge in [0.05, 0.1) is 13.2 Å². The Morgan fingerprint density at radius 2 is 2.10 bits per heavy atom. The van der Waals surface area contributed by atoms with Gasteiger partial charge in [-0.3, -0.25) is 10.1 Å². The van der Waals surface area contributed by atoms with E-state index in [0.29, 0.717) is 25.7 Å². The van der Waals surface area contributed by atoms with Crippen molar-refractivity contribution in [2.45, 2.75) is 51.6 Å². The molecule has 0 aromatic heterocycles. The van der Waals surface area contributed by atoms with E-state index in [2.05, 4.69) is 5.32 Å². The summed E-state index contributed by atoms with van der Waals surface area (Å²) in [6.45, 7) is 6.64. The summed E-state index contributed by atoms with van der Waals surface area (Å²) in [6.07, 6.45) is 2.86. The number of hydrogen-bond acceptors (Lipinski definition) is 4. The molecule has 1 atom stereocenters. The monoisotopic (exact) mass is 291 g/mol. The molecule has 1 aromatic carbocycles. The van der Waals surface area contributed by atoms with Crippen LogP contribution in [0.5, 0.6) is 5.75 Å². The molecule has 1 saturated carbocycles. The maximum absolute atomic E-state index is 12.2. The Kier molecular flexibility index (Phi) is 5.23. The summed E-state index contributed by atoms with van der Waals surface area (Å²) < 4.78 is 11.0. The summed E-state index contributed by atoms with van der Waals surface area (Å²) in [4.78, 5) is 12.2. The molecule has 0 amide bonds. The predicted octanol–water partition coefficient (Wildman–Crippen LogP) is 2.84. The van der Waals surface area contributed by atoms with Crippen molar-refractivity contribution < 1.29 is 14.3 Å². The van der Waals surface area contributed by atoms with Crippen LogP contribution in [0.1, 0.15) is 38.7 Å². The Labute approximate surface area is 126 Å². The van der Waals surface area contributed by atoms with E-state index in [-0.39, 0.29) is 5.97 Å². The summed E-state index contributed by atoms with van der Waals surface area (Å²) in [5, 5.41) is 3.40. The Balaban J connectivity index is 1.92. The molecule has 4 nitrogen and oxygen atoms in total. The minimum Gasteiger partial charge on any atom is -0.493 e. The SMILES string of the molecule is CCOC(=O)C(C)(CCOc1ccccc1C)NC1CC1. The molecule has 1 aromatic rings. The van der Waals surface area contributed by atoms with E-state index in [4.69, 9.17) is 9.47 Å². The summed E-state index contributed by atoms with van der Waals surface area (Å²) in [5.74, 6) is 0.681. The van der Waals surface area contributed by atoms with E-state index >= 15 is 0 Å². The van der Waals surface area contributed by atoms with Crippen LogP contribution in [0.25, 0.3) is 0 Å². The molecule has 1 aliphatic rings. The van der Waals surface area contributed by atoms with Crippen LogP contribution in [0.2, 0.25) is 0 Å². The Morgan fingerprint density at radius 3 is 2.71 bits per heavy atom. The van der Waals surface area contributed by atoms with Gasteiger partial charge in [-0.25, -0.2) is 0 Å². The lowest BCUT2D eigenvalue weighted by atomic mass is 9.98. The molecule has 0 spiro atoms. The third kappa shape index (κ3) is 4.46. The van der Waals surface area contributed by atoms with E-state index in [1.807, 2.05) is 45.0 Å². The lowest BCUT2D eigenvalue weighted by Gasteiger charge is -2.28. The predicted molar refractivity (Wildman–Crippen MR) is 82.5 cm³/mol. The molecule has 0 heterocycles. The Hall–Kier alpha value is -1.55. The average molecular weight is 291 g/mol. The van der Waals surface area contributed by atoms with Crippen LogP contribution in [-0.4, -0.2) is 30.8 Å². The zero-order valence-electron chi connectivity index (χ0n) is 13.1. The van der Waals surface area contributed by atoms with Crippen molar-refractivity contribution in [3.8, 4) is 5.75 Å². The molecular formula is C17H25NO3. The lowest BCUT2D eigenvalue weighted by Crippen LogP contribution is -2.52. The van der Waals surface area contributed by atoms with Gasteiger partial charge in [0.2, 0.25) is 0 Å². The zero-order chi connectivity index (χ0) is 15.3. The second-order valence-electron chi connectivity index (χ2n) is 5.84. The molecule has 1 unspecified atom stereocenters. The number of nitrogens with one attached hydrogen (secondary N) is 1. The van der Waals surface area contributed by atoms with Crippen molar-refractivity contribution in [3.05, 3.63) is 29.8 Å². The van der Waals surface area contributed by atoms with Crippen LogP contribution in [0.4, 0.5) is 0 Å². The molecule has 4 heteroatoms. The quantitative estimate of drug-likeness (QED) is 0.748. The molecule has 1 fully saturated rings. The van der Waals surface area contributed by atoms with Gasteiger partial charge in [0, 0.05) is 12.5 Å². The molecule has 0 aliphatic heterocycles. The molecule has 21 heavy (non-hydrogen) atoms. The summed E-state index contributed by atoms with van der Waals surface area (Å²) in [7, 11) is 0. The smallest absolute Gasteiger partial charge is 0.326 e. The van der Waals surface area contributed by atoms with Gasteiger partial charge in [-0.1, -0.05) is 18.2 Å². The molecule has 0 saturated heterocycles. The molecular weight excluding hydrogens is 266 g/mol. The first-order chi connectivity index (χ1) is 10.0. The lowest BCUT2D eigenvalue weighted by molar-refractivity contribution is -0.151. The number of para-hydroxylation sites is 1. The maximum atomic E-state index is 12.2. The van der Waals surface area contributed by atoms with Gasteiger partial charge in [0.25, 0.3) is 0 Å². The number of hydrogen-bond donors (Lipinski definition) is 1. The fourth-order valence-electron chi connectivity index (χ4n) is 2.29. The van der Waals surface area contributed by atoms with Gasteiger partial charge < -0.3 is 9.47 Å². The van der Waals surface area contributed by atoms with Crippen LogP contribution in [-0.2, 0) is 9.53 Å². The van der Waals surface area contributed by atoms with Crippen molar-refractivity contribution in [3.63, 3.8) is 0 Å². The fraction of sp³-hybridized carbons (Fsp3) is 0.588. The number of carbonyl (C=O) groups excluding carboxylic acids is 1. The van der Waals surface area contributed by atoms with Crippen LogP contribution >= 0.6 is 0 Å². The highest BCUT2D eigenvalue weighted by Crippen LogP contribution is 2.25. The van der Waals surface area contributed by atoms with E-state index in [1.54, 1.807) is 0 Å². The first kappa shape index (κ1) is 15.8. The maximum Gasteiger partial charge on any atom is 0.326 e. The summed E-state index contributed by atoms with van der Waals surface area (Å²) in [6, 6.07) is 8.35. The first-order valence-corrected chi connectivity index (χ1v) is 7.68. The second-order valence-corrected chi connectivity index (χ2v) is 5.84. The molecule has 1 aliphatic carbocycles. The van der Waals surface area contributed by atoms with E-state index in [1.165, 1.54) is 0 Å². The number of esters is 1. The van der Waals surface area contributed by atoms with E-state index < -0.39 is 5.54 Å². The highest BCUT2D eigenvalue weighted by atomic mass is 16.5. The van der Waals surface area contributed by atoms with Crippen LogP contribution in [0, 0.1) is 6.92 Å². The number of rotatable bonds is 8.